The van der Waals surface area contributed by atoms with Gasteiger partial charge in [-0.1, -0.05) is 25.3 Å². The average Bonchev–Trinajstić information content (AvgIpc) is 2.98. The fourth-order valence-electron chi connectivity index (χ4n) is 3.93. The molecule has 1 unspecified atom stereocenters. The van der Waals surface area contributed by atoms with Gasteiger partial charge in [-0.2, -0.15) is 21.9 Å². The van der Waals surface area contributed by atoms with Gasteiger partial charge in [0, 0.05) is 10.3 Å². The Hall–Kier alpha value is -4.70. The number of nitrogens with two attached hydrogens (primary N) is 1. The molecule has 4 aromatic carbocycles. The number of hydrogen-bond acceptors (Lipinski definition) is 14. The van der Waals surface area contributed by atoms with Crippen LogP contribution in [0.4, 0.5) is 28.4 Å². The zero-order valence-electron chi connectivity index (χ0n) is 22.9. The molecule has 0 aromatic heterocycles. The minimum Gasteiger partial charge on any atom is -0.768 e. The van der Waals surface area contributed by atoms with Crippen LogP contribution >= 0.6 is 0 Å². The van der Waals surface area contributed by atoms with E-state index in [2.05, 4.69) is 33.6 Å². The predicted molar refractivity (Wildman–Crippen MR) is 166 cm³/mol. The monoisotopic (exact) mass is 706 g/mol. The number of azo groups is 2. The quantitative estimate of drug-likeness (QED) is 0.0715. The van der Waals surface area contributed by atoms with E-state index in [-0.39, 0.29) is 32.6 Å². The number of aromatic hydroxyl groups is 1. The van der Waals surface area contributed by atoms with Crippen molar-refractivity contribution in [3.63, 3.8) is 0 Å². The highest BCUT2D eigenvalue weighted by atomic mass is 32.2. The van der Waals surface area contributed by atoms with Gasteiger partial charge in [0.25, 0.3) is 20.2 Å². The second-order valence-corrected chi connectivity index (χ2v) is 14.7. The van der Waals surface area contributed by atoms with Crippen LogP contribution < -0.4 is 5.73 Å². The van der Waals surface area contributed by atoms with Crippen LogP contribution in [0.25, 0.3) is 15.7 Å². The van der Waals surface area contributed by atoms with Crippen molar-refractivity contribution < 1.29 is 48.2 Å². The Morgan fingerprint density at radius 1 is 0.826 bits per heavy atom. The number of phenols is 1. The van der Waals surface area contributed by atoms with Crippen LogP contribution in [0.3, 0.4) is 0 Å². The van der Waals surface area contributed by atoms with Gasteiger partial charge < -0.3 is 15.4 Å². The summed E-state index contributed by atoms with van der Waals surface area (Å²) in [5.41, 5.74) is 4.23. The highest BCUT2D eigenvalue weighted by Crippen LogP contribution is 2.45. The summed E-state index contributed by atoms with van der Waals surface area (Å²) in [6.07, 6.45) is 0. The van der Waals surface area contributed by atoms with Crippen molar-refractivity contribution in [3.05, 3.63) is 84.8 Å². The number of phenolic OH excluding ortho intramolecular Hbond substituents is 1. The molecule has 0 bridgehead atoms. The van der Waals surface area contributed by atoms with Gasteiger partial charge in [-0.05, 0) is 70.6 Å². The summed E-state index contributed by atoms with van der Waals surface area (Å²) in [7, 11) is -13.7. The number of anilines is 1. The molecule has 1 atom stereocenters. The van der Waals surface area contributed by atoms with E-state index in [9.17, 15) is 48.2 Å². The zero-order valence-corrected chi connectivity index (χ0v) is 26.1. The van der Waals surface area contributed by atoms with Gasteiger partial charge in [-0.15, -0.1) is 15.3 Å². The summed E-state index contributed by atoms with van der Waals surface area (Å²) in [5.74, 6) is -0.684. The molecule has 0 fully saturated rings. The van der Waals surface area contributed by atoms with Gasteiger partial charge in [-0.3, -0.25) is 13.3 Å². The normalized spacial score (nSPS) is 13.4. The van der Waals surface area contributed by atoms with Gasteiger partial charge in [0.15, 0.2) is 15.6 Å². The zero-order chi connectivity index (χ0) is 34.2. The minimum absolute atomic E-state index is 0.00777. The van der Waals surface area contributed by atoms with Crippen LogP contribution in [0.5, 0.6) is 5.75 Å². The third-order valence-electron chi connectivity index (χ3n) is 6.19. The second-order valence-electron chi connectivity index (χ2n) is 9.06. The Kier molecular flexibility index (Phi) is 9.36. The number of benzene rings is 4. The first kappa shape index (κ1) is 34.2. The minimum atomic E-state index is -4.96. The number of nitrogen functional groups attached to an aromatic ring is 1. The molecule has 0 aliphatic heterocycles. The maximum Gasteiger partial charge on any atom is 0.296 e. The molecule has 5 N–H and O–H groups in total. The van der Waals surface area contributed by atoms with Crippen molar-refractivity contribution in [1.29, 1.82) is 0 Å². The molecule has 0 amide bonds. The summed E-state index contributed by atoms with van der Waals surface area (Å²) in [4.78, 5) is -2.16. The van der Waals surface area contributed by atoms with Gasteiger partial charge in [0.2, 0.25) is 0 Å². The maximum atomic E-state index is 12.2. The van der Waals surface area contributed by atoms with E-state index in [0.29, 0.717) is 0 Å². The summed E-state index contributed by atoms with van der Waals surface area (Å²) in [6.45, 7) is 6.54. The van der Waals surface area contributed by atoms with E-state index in [1.165, 1.54) is 30.3 Å². The molecule has 4 aromatic rings. The van der Waals surface area contributed by atoms with Crippen LogP contribution in [0.15, 0.2) is 114 Å². The van der Waals surface area contributed by atoms with E-state index in [0.717, 1.165) is 35.7 Å². The van der Waals surface area contributed by atoms with Crippen LogP contribution in [-0.2, 0) is 41.2 Å². The molecule has 0 radical (unpaired) electrons. The first-order chi connectivity index (χ1) is 21.3. The molecule has 0 aliphatic carbocycles. The molecule has 0 saturated carbocycles. The smallest absolute Gasteiger partial charge is 0.296 e. The highest BCUT2D eigenvalue weighted by Gasteiger charge is 2.24. The summed E-state index contributed by atoms with van der Waals surface area (Å²) >= 11 is -2.79. The van der Waals surface area contributed by atoms with Crippen molar-refractivity contribution in [3.8, 4) is 5.75 Å². The lowest BCUT2D eigenvalue weighted by atomic mass is 10.1. The topological polar surface area (TPSA) is 279 Å². The molecule has 20 heteroatoms. The van der Waals surface area contributed by atoms with Gasteiger partial charge >= 0.3 is 0 Å². The molecule has 46 heavy (non-hydrogen) atoms. The number of fused-ring (bicyclic) bond motifs is 1. The molecule has 0 saturated heterocycles. The molecular weight excluding hydrogens is 687 g/mol. The number of sulfone groups is 1. The Morgan fingerprint density at radius 2 is 1.41 bits per heavy atom. The van der Waals surface area contributed by atoms with Crippen molar-refractivity contribution in [2.45, 2.75) is 14.7 Å². The summed E-state index contributed by atoms with van der Waals surface area (Å²) in [5, 5.41) is 26.8. The summed E-state index contributed by atoms with van der Waals surface area (Å²) in [6, 6.07) is 11.2. The number of rotatable bonds is 10. The molecule has 16 nitrogen and oxygen atoms in total. The van der Waals surface area contributed by atoms with Crippen LogP contribution in [-0.4, -0.2) is 48.2 Å². The maximum absolute atomic E-state index is 12.2. The fourth-order valence-corrected chi connectivity index (χ4v) is 6.27. The average molecular weight is 707 g/mol. The van der Waals surface area contributed by atoms with E-state index in [1.807, 2.05) is 0 Å². The highest BCUT2D eigenvalue weighted by molar-refractivity contribution is 7.94. The Bertz CT molecular complexity index is 2360. The third kappa shape index (κ3) is 7.07. The molecule has 4 rings (SSSR count). The second kappa shape index (κ2) is 12.6. The first-order valence-electron chi connectivity index (χ1n) is 12.1. The van der Waals surface area contributed by atoms with Crippen molar-refractivity contribution in [2.75, 3.05) is 5.73 Å². The SMILES string of the molecule is C=CS(=O)(=O)c1ccc(N=Nc2c(S(=O)(=O)O)cc3ccc(N=Nc4ccc(C(=C)S(=O)[O-])cc4S(=O)(=O)O)c(O)c3c2N)cc1. The molecule has 0 spiro atoms. The molecule has 0 aliphatic rings. The van der Waals surface area contributed by atoms with Gasteiger partial charge in [0.05, 0.1) is 21.7 Å². The third-order valence-corrected chi connectivity index (χ3v) is 9.94. The standard InChI is InChI=1S/C26H21N5O11S4/c1-3-44(35,36)18-8-6-17(7-9-18)28-31-25-22(46(40,41)42)13-16-5-11-20(26(32)23(16)24(25)27)30-29-19-10-4-15(14(2)43(33)34)12-21(19)45(37,38)39/h3-13,32H,1-2,27H2,(H,33,34)(H,37,38,39)(H,40,41,42)/p-1. The van der Waals surface area contributed by atoms with E-state index < -0.39 is 78.7 Å². The van der Waals surface area contributed by atoms with Crippen molar-refractivity contribution in [1.82, 2.24) is 0 Å². The lowest BCUT2D eigenvalue weighted by Crippen LogP contribution is -2.01. The lowest BCUT2D eigenvalue weighted by molar-refractivity contribution is 0.480. The lowest BCUT2D eigenvalue weighted by Gasteiger charge is -2.12. The molecule has 0 heterocycles. The fraction of sp³-hybridized carbons (Fsp3) is 0. The predicted octanol–water partition coefficient (Wildman–Crippen LogP) is 5.22. The van der Waals surface area contributed by atoms with Crippen LogP contribution in [0.1, 0.15) is 5.56 Å². The number of hydrogen-bond donors (Lipinski definition) is 4. The van der Waals surface area contributed by atoms with E-state index in [1.54, 1.807) is 0 Å². The molecular formula is C26H20N5O11S4-. The van der Waals surface area contributed by atoms with E-state index in [4.69, 9.17) is 5.73 Å². The largest absolute Gasteiger partial charge is 0.768 e. The van der Waals surface area contributed by atoms with Crippen molar-refractivity contribution in [2.24, 2.45) is 20.5 Å². The van der Waals surface area contributed by atoms with E-state index >= 15 is 0 Å². The Labute approximate surface area is 264 Å². The van der Waals surface area contributed by atoms with Gasteiger partial charge in [-0.25, -0.2) is 8.42 Å². The summed E-state index contributed by atoms with van der Waals surface area (Å²) < 4.78 is 114. The van der Waals surface area contributed by atoms with Gasteiger partial charge in [0.1, 0.15) is 26.9 Å². The van der Waals surface area contributed by atoms with Crippen molar-refractivity contribution >= 4 is 85.3 Å². The first-order valence-corrected chi connectivity index (χ1v) is 17.6. The van der Waals surface area contributed by atoms with Crippen LogP contribution in [0.2, 0.25) is 0 Å². The Balaban J connectivity index is 1.84. The van der Waals surface area contributed by atoms with Crippen LogP contribution in [0, 0.1) is 0 Å². The number of nitrogens with zero attached hydrogens (tertiary/aromatic N) is 4. The molecule has 240 valence electrons. The Morgan fingerprint density at radius 3 is 1.98 bits per heavy atom.